The minimum Gasteiger partial charge on any atom is -0.256 e. The zero-order valence-corrected chi connectivity index (χ0v) is 12.4. The zero-order chi connectivity index (χ0) is 15.4. The van der Waals surface area contributed by atoms with Crippen LogP contribution in [0.15, 0.2) is 58.6 Å². The molecule has 1 aliphatic rings. The van der Waals surface area contributed by atoms with Gasteiger partial charge in [-0.3, -0.25) is 10.4 Å². The van der Waals surface area contributed by atoms with Crippen molar-refractivity contribution in [1.29, 1.82) is 0 Å². The predicted molar refractivity (Wildman–Crippen MR) is 86.1 cm³/mol. The number of aliphatic imine (C=N–C) groups is 1. The van der Waals surface area contributed by atoms with Crippen LogP contribution in [-0.2, 0) is 6.54 Å². The first kappa shape index (κ1) is 14.7. The highest BCUT2D eigenvalue weighted by molar-refractivity contribution is 8.14. The van der Waals surface area contributed by atoms with Gasteiger partial charge in [-0.25, -0.2) is 8.78 Å². The summed E-state index contributed by atoms with van der Waals surface area (Å²) in [6.45, 7) is 0.537. The second kappa shape index (κ2) is 6.70. The molecular formula is C16H13F2N3S. The molecule has 1 aliphatic heterocycles. The van der Waals surface area contributed by atoms with Crippen LogP contribution < -0.4 is 5.43 Å². The molecule has 0 spiro atoms. The number of amidine groups is 1. The average Bonchev–Trinajstić information content (AvgIpc) is 2.55. The van der Waals surface area contributed by atoms with E-state index in [2.05, 4.69) is 15.5 Å². The van der Waals surface area contributed by atoms with Gasteiger partial charge < -0.3 is 0 Å². The van der Waals surface area contributed by atoms with E-state index in [-0.39, 0.29) is 5.56 Å². The Morgan fingerprint density at radius 1 is 1.05 bits per heavy atom. The first-order chi connectivity index (χ1) is 10.7. The molecule has 0 saturated carbocycles. The summed E-state index contributed by atoms with van der Waals surface area (Å²) < 4.78 is 27.4. The lowest BCUT2D eigenvalue weighted by Crippen LogP contribution is -2.26. The van der Waals surface area contributed by atoms with Crippen LogP contribution in [0.4, 0.5) is 8.78 Å². The maximum Gasteiger partial charge on any atom is 0.177 e. The van der Waals surface area contributed by atoms with Gasteiger partial charge in [0.1, 0.15) is 11.6 Å². The molecule has 0 atom stereocenters. The minimum absolute atomic E-state index is 0.0791. The van der Waals surface area contributed by atoms with E-state index >= 15 is 0 Å². The second-order valence-electron chi connectivity index (χ2n) is 4.66. The Balaban J connectivity index is 1.72. The Morgan fingerprint density at radius 3 is 2.41 bits per heavy atom. The van der Waals surface area contributed by atoms with Gasteiger partial charge >= 0.3 is 0 Å². The second-order valence-corrected chi connectivity index (χ2v) is 5.63. The number of nitrogens with one attached hydrogen (secondary N) is 1. The number of benzene rings is 2. The summed E-state index contributed by atoms with van der Waals surface area (Å²) in [6, 6.07) is 13.6. The van der Waals surface area contributed by atoms with Crippen LogP contribution >= 0.6 is 11.8 Å². The smallest absolute Gasteiger partial charge is 0.177 e. The van der Waals surface area contributed by atoms with E-state index in [1.165, 1.54) is 30.0 Å². The lowest BCUT2D eigenvalue weighted by Gasteiger charge is -2.15. The van der Waals surface area contributed by atoms with Crippen molar-refractivity contribution in [1.82, 2.24) is 5.43 Å². The first-order valence-electron chi connectivity index (χ1n) is 6.72. The molecule has 2 aromatic rings. The molecule has 0 unspecified atom stereocenters. The maximum absolute atomic E-state index is 13.7. The van der Waals surface area contributed by atoms with Gasteiger partial charge in [-0.05, 0) is 17.7 Å². The lowest BCUT2D eigenvalue weighted by atomic mass is 10.1. The van der Waals surface area contributed by atoms with Crippen LogP contribution in [0.1, 0.15) is 11.1 Å². The number of nitrogens with zero attached hydrogens (tertiary/aromatic N) is 2. The molecule has 3 rings (SSSR count). The molecule has 0 radical (unpaired) electrons. The molecular weight excluding hydrogens is 304 g/mol. The number of halogens is 2. The summed E-state index contributed by atoms with van der Waals surface area (Å²) in [5, 5.41) is 4.69. The maximum atomic E-state index is 13.7. The third kappa shape index (κ3) is 3.33. The van der Waals surface area contributed by atoms with Crippen molar-refractivity contribution in [2.45, 2.75) is 6.54 Å². The van der Waals surface area contributed by atoms with Crippen molar-refractivity contribution in [3.63, 3.8) is 0 Å². The average molecular weight is 317 g/mol. The summed E-state index contributed by atoms with van der Waals surface area (Å²) >= 11 is 1.38. The van der Waals surface area contributed by atoms with Crippen molar-refractivity contribution in [3.05, 3.63) is 71.3 Å². The number of hydrogen-bond acceptors (Lipinski definition) is 3. The number of hydrogen-bond donors (Lipinski definition) is 1. The summed E-state index contributed by atoms with van der Waals surface area (Å²) in [4.78, 5) is 4.40. The van der Waals surface area contributed by atoms with Crippen molar-refractivity contribution < 1.29 is 8.78 Å². The molecule has 6 heteroatoms. The molecule has 2 aromatic carbocycles. The van der Waals surface area contributed by atoms with Gasteiger partial charge in [0, 0.05) is 5.75 Å². The summed E-state index contributed by atoms with van der Waals surface area (Å²) in [7, 11) is 0. The summed E-state index contributed by atoms with van der Waals surface area (Å²) in [5.41, 5.74) is 4.12. The van der Waals surface area contributed by atoms with Gasteiger partial charge in [-0.1, -0.05) is 48.2 Å². The highest BCUT2D eigenvalue weighted by Gasteiger charge is 2.19. The normalized spacial score (nSPS) is 16.3. The van der Waals surface area contributed by atoms with Crippen LogP contribution in [0.2, 0.25) is 0 Å². The Labute approximate surface area is 131 Å². The van der Waals surface area contributed by atoms with Gasteiger partial charge in [-0.15, -0.1) is 0 Å². The van der Waals surface area contributed by atoms with Crippen molar-refractivity contribution in [3.8, 4) is 0 Å². The van der Waals surface area contributed by atoms with Gasteiger partial charge in [0.2, 0.25) is 0 Å². The van der Waals surface area contributed by atoms with Crippen LogP contribution in [0.5, 0.6) is 0 Å². The molecule has 0 amide bonds. The van der Waals surface area contributed by atoms with E-state index in [4.69, 9.17) is 0 Å². The topological polar surface area (TPSA) is 36.8 Å². The third-order valence-corrected chi connectivity index (χ3v) is 4.04. The highest BCUT2D eigenvalue weighted by atomic mass is 32.2. The quantitative estimate of drug-likeness (QED) is 0.940. The van der Waals surface area contributed by atoms with E-state index in [1.54, 1.807) is 0 Å². The van der Waals surface area contributed by atoms with Crippen LogP contribution in [-0.4, -0.2) is 16.6 Å². The Hall–Kier alpha value is -2.21. The molecule has 112 valence electrons. The van der Waals surface area contributed by atoms with Crippen LogP contribution in [0.3, 0.4) is 0 Å². The standard InChI is InChI=1S/C16H13F2N3S/c17-12-7-4-8-13(18)15(12)14-10-22-16(21-20-14)19-9-11-5-2-1-3-6-11/h1-8H,9-10H2,(H,19,21). The molecule has 0 aliphatic carbocycles. The molecule has 0 saturated heterocycles. The monoisotopic (exact) mass is 317 g/mol. The fourth-order valence-electron chi connectivity index (χ4n) is 2.05. The Bertz CT molecular complexity index is 709. The van der Waals surface area contributed by atoms with E-state index in [1.807, 2.05) is 30.3 Å². The van der Waals surface area contributed by atoms with E-state index in [0.717, 1.165) is 5.56 Å². The number of hydrazone groups is 1. The SMILES string of the molecule is Fc1cccc(F)c1C1=NNC(=NCc2ccccc2)SC1. The molecule has 1 N–H and O–H groups in total. The molecule has 22 heavy (non-hydrogen) atoms. The van der Waals surface area contributed by atoms with Crippen molar-refractivity contribution in [2.75, 3.05) is 5.75 Å². The highest BCUT2D eigenvalue weighted by Crippen LogP contribution is 2.19. The molecule has 3 nitrogen and oxygen atoms in total. The van der Waals surface area contributed by atoms with Gasteiger partial charge in [0.25, 0.3) is 0 Å². The van der Waals surface area contributed by atoms with Gasteiger partial charge in [-0.2, -0.15) is 5.10 Å². The van der Waals surface area contributed by atoms with Crippen LogP contribution in [0, 0.1) is 11.6 Å². The zero-order valence-electron chi connectivity index (χ0n) is 11.6. The largest absolute Gasteiger partial charge is 0.256 e. The lowest BCUT2D eigenvalue weighted by molar-refractivity contribution is 0.578. The molecule has 0 bridgehead atoms. The van der Waals surface area contributed by atoms with Crippen molar-refractivity contribution in [2.24, 2.45) is 10.1 Å². The predicted octanol–water partition coefficient (Wildman–Crippen LogP) is 3.56. The van der Waals surface area contributed by atoms with Crippen molar-refractivity contribution >= 4 is 22.6 Å². The number of thioether (sulfide) groups is 1. The van der Waals surface area contributed by atoms with Gasteiger partial charge in [0.15, 0.2) is 5.17 Å². The first-order valence-corrected chi connectivity index (χ1v) is 7.71. The van der Waals surface area contributed by atoms with E-state index in [0.29, 0.717) is 23.2 Å². The number of rotatable bonds is 3. The summed E-state index contributed by atoms with van der Waals surface area (Å²) in [5.74, 6) is -0.838. The molecule has 1 heterocycles. The van der Waals surface area contributed by atoms with E-state index in [9.17, 15) is 8.78 Å². The minimum atomic E-state index is -0.606. The fourth-order valence-corrected chi connectivity index (χ4v) is 2.79. The third-order valence-electron chi connectivity index (χ3n) is 3.13. The Morgan fingerprint density at radius 2 is 1.77 bits per heavy atom. The summed E-state index contributed by atoms with van der Waals surface area (Å²) in [6.07, 6.45) is 0. The Kier molecular flexibility index (Phi) is 4.48. The molecule has 0 aromatic heterocycles. The van der Waals surface area contributed by atoms with Gasteiger partial charge in [0.05, 0.1) is 17.8 Å². The fraction of sp³-hybridized carbons (Fsp3) is 0.125. The van der Waals surface area contributed by atoms with E-state index < -0.39 is 11.6 Å². The molecule has 0 fully saturated rings. The van der Waals surface area contributed by atoms with Crippen LogP contribution in [0.25, 0.3) is 0 Å².